The molecule has 0 aliphatic rings. The van der Waals surface area contributed by atoms with Gasteiger partial charge in [0.1, 0.15) is 6.04 Å². The molecule has 0 aliphatic carbocycles. The molecule has 0 bridgehead atoms. The van der Waals surface area contributed by atoms with E-state index in [0.29, 0.717) is 43.1 Å². The first-order valence-electron chi connectivity index (χ1n) is 12.4. The van der Waals surface area contributed by atoms with Crippen LogP contribution in [0.15, 0.2) is 24.3 Å². The van der Waals surface area contributed by atoms with E-state index in [2.05, 4.69) is 32.4 Å². The van der Waals surface area contributed by atoms with E-state index in [4.69, 9.17) is 5.73 Å². The fourth-order valence-electron chi connectivity index (χ4n) is 3.45. The van der Waals surface area contributed by atoms with Crippen LogP contribution in [0.5, 0.6) is 0 Å². The summed E-state index contributed by atoms with van der Waals surface area (Å²) >= 11 is 0. The minimum absolute atomic E-state index is 0.0733. The molecular formula is C27H38N8O3. The molecule has 11 heteroatoms. The molecule has 0 radical (unpaired) electrons. The van der Waals surface area contributed by atoms with Gasteiger partial charge in [-0.1, -0.05) is 25.0 Å². The minimum atomic E-state index is -0.667. The monoisotopic (exact) mass is 522 g/mol. The molecular weight excluding hydrogens is 484 g/mol. The van der Waals surface area contributed by atoms with Crippen molar-refractivity contribution < 1.29 is 14.4 Å². The average Bonchev–Trinajstić information content (AvgIpc) is 2.87. The van der Waals surface area contributed by atoms with Crippen LogP contribution in [0, 0.1) is 11.8 Å². The van der Waals surface area contributed by atoms with E-state index in [1.54, 1.807) is 14.0 Å². The Morgan fingerprint density at radius 3 is 2.42 bits per heavy atom. The highest BCUT2D eigenvalue weighted by molar-refractivity contribution is 5.97. The third-order valence-corrected chi connectivity index (χ3v) is 5.71. The second-order valence-corrected chi connectivity index (χ2v) is 9.30. The summed E-state index contributed by atoms with van der Waals surface area (Å²) in [4.78, 5) is 50.9. The fourth-order valence-corrected chi connectivity index (χ4v) is 3.45. The molecule has 2 rings (SSSR count). The van der Waals surface area contributed by atoms with Crippen molar-refractivity contribution in [1.82, 2.24) is 25.1 Å². The van der Waals surface area contributed by atoms with Gasteiger partial charge in [-0.05, 0) is 57.5 Å². The molecule has 2 aromatic rings. The molecule has 1 atom stereocenters. The van der Waals surface area contributed by atoms with Gasteiger partial charge in [0.2, 0.25) is 5.91 Å². The lowest BCUT2D eigenvalue weighted by Gasteiger charge is -2.22. The maximum Gasteiger partial charge on any atom is 0.298 e. The number of primary amides is 1. The van der Waals surface area contributed by atoms with Crippen molar-refractivity contribution in [2.75, 3.05) is 58.5 Å². The Morgan fingerprint density at radius 1 is 1.11 bits per heavy atom. The van der Waals surface area contributed by atoms with Gasteiger partial charge >= 0.3 is 0 Å². The molecule has 0 saturated carbocycles. The highest BCUT2D eigenvalue weighted by Gasteiger charge is 2.21. The molecule has 1 aromatic carbocycles. The Balaban J connectivity index is 2.05. The van der Waals surface area contributed by atoms with Crippen LogP contribution in [0.2, 0.25) is 0 Å². The van der Waals surface area contributed by atoms with Crippen LogP contribution in [-0.4, -0.2) is 91.9 Å². The van der Waals surface area contributed by atoms with Crippen molar-refractivity contribution in [2.45, 2.75) is 32.7 Å². The number of hydrogen-bond acceptors (Lipinski definition) is 8. The molecule has 0 aliphatic heterocycles. The summed E-state index contributed by atoms with van der Waals surface area (Å²) < 4.78 is 0. The van der Waals surface area contributed by atoms with Crippen LogP contribution in [0.1, 0.15) is 35.6 Å². The van der Waals surface area contributed by atoms with Crippen molar-refractivity contribution >= 4 is 35.0 Å². The molecule has 204 valence electrons. The highest BCUT2D eigenvalue weighted by atomic mass is 16.2. The zero-order valence-corrected chi connectivity index (χ0v) is 23.3. The van der Waals surface area contributed by atoms with Gasteiger partial charge in [-0.15, -0.1) is 0 Å². The predicted molar refractivity (Wildman–Crippen MR) is 149 cm³/mol. The number of aromatic nitrogens is 2. The third kappa shape index (κ3) is 8.45. The molecule has 1 heterocycles. The number of rotatable bonds is 11. The number of benzene rings is 1. The molecule has 4 N–H and O–H groups in total. The molecule has 0 saturated heterocycles. The Labute approximate surface area is 224 Å². The molecule has 3 amide bonds. The van der Waals surface area contributed by atoms with Gasteiger partial charge < -0.3 is 26.2 Å². The van der Waals surface area contributed by atoms with Crippen LogP contribution >= 0.6 is 0 Å². The Kier molecular flexibility index (Phi) is 11.0. The molecule has 0 fully saturated rings. The number of nitrogens with one attached hydrogen (secondary N) is 2. The van der Waals surface area contributed by atoms with E-state index < -0.39 is 17.9 Å². The molecule has 0 spiro atoms. The van der Waals surface area contributed by atoms with Gasteiger partial charge in [0.05, 0.1) is 12.2 Å². The zero-order valence-electron chi connectivity index (χ0n) is 23.3. The van der Waals surface area contributed by atoms with Crippen molar-refractivity contribution in [3.63, 3.8) is 0 Å². The quantitative estimate of drug-likeness (QED) is 0.372. The summed E-state index contributed by atoms with van der Waals surface area (Å²) in [5.74, 6) is 4.92. The Hall–Kier alpha value is -4.17. The number of nitrogens with zero attached hydrogens (tertiary/aromatic N) is 5. The highest BCUT2D eigenvalue weighted by Crippen LogP contribution is 2.24. The van der Waals surface area contributed by atoms with Crippen molar-refractivity contribution in [2.24, 2.45) is 5.73 Å². The maximum absolute atomic E-state index is 12.6. The number of aryl methyl sites for hydroxylation is 1. The molecule has 38 heavy (non-hydrogen) atoms. The van der Waals surface area contributed by atoms with Crippen LogP contribution in [-0.2, 0) is 22.4 Å². The maximum atomic E-state index is 12.6. The third-order valence-electron chi connectivity index (χ3n) is 5.71. The number of amides is 3. The van der Waals surface area contributed by atoms with Gasteiger partial charge in [-0.2, -0.15) is 0 Å². The zero-order chi connectivity index (χ0) is 28.4. The average molecular weight is 523 g/mol. The van der Waals surface area contributed by atoms with E-state index in [-0.39, 0.29) is 17.4 Å². The van der Waals surface area contributed by atoms with Crippen LogP contribution in [0.25, 0.3) is 0 Å². The van der Waals surface area contributed by atoms with E-state index >= 15 is 0 Å². The lowest BCUT2D eigenvalue weighted by atomic mass is 10.1. The van der Waals surface area contributed by atoms with Crippen molar-refractivity contribution in [3.8, 4) is 11.8 Å². The van der Waals surface area contributed by atoms with Gasteiger partial charge in [-0.3, -0.25) is 19.3 Å². The van der Waals surface area contributed by atoms with E-state index in [1.165, 1.54) is 4.90 Å². The van der Waals surface area contributed by atoms with E-state index in [9.17, 15) is 14.4 Å². The lowest BCUT2D eigenvalue weighted by molar-refractivity contribution is -0.134. The summed E-state index contributed by atoms with van der Waals surface area (Å²) in [6.07, 6.45) is 1.16. The topological polar surface area (TPSA) is 137 Å². The number of nitrogens with two attached hydrogens (primary N) is 1. The first-order chi connectivity index (χ1) is 17.9. The smallest absolute Gasteiger partial charge is 0.298 e. The van der Waals surface area contributed by atoms with Gasteiger partial charge in [0, 0.05) is 33.4 Å². The summed E-state index contributed by atoms with van der Waals surface area (Å²) in [6, 6.07) is 6.89. The molecule has 0 unspecified atom stereocenters. The van der Waals surface area contributed by atoms with E-state index in [1.807, 2.05) is 69.2 Å². The predicted octanol–water partition coefficient (Wildman–Crippen LogP) is 1.02. The fraction of sp³-hybridized carbons (Fsp3) is 0.444. The van der Waals surface area contributed by atoms with Crippen LogP contribution in [0.3, 0.4) is 0 Å². The largest absolute Gasteiger partial charge is 0.364 e. The first kappa shape index (κ1) is 30.1. The summed E-state index contributed by atoms with van der Waals surface area (Å²) in [7, 11) is 9.01. The van der Waals surface area contributed by atoms with Gasteiger partial charge in [0.15, 0.2) is 17.3 Å². The second kappa shape index (κ2) is 13.9. The summed E-state index contributed by atoms with van der Waals surface area (Å²) in [6.45, 7) is 4.44. The number of likely N-dealkylation sites (N-methyl/N-ethyl adjacent to an activating group) is 1. The Bertz CT molecular complexity index is 1220. The summed E-state index contributed by atoms with van der Waals surface area (Å²) in [5.41, 5.74) is 7.98. The minimum Gasteiger partial charge on any atom is -0.364 e. The number of hydrogen-bond donors (Lipinski definition) is 3. The van der Waals surface area contributed by atoms with Gasteiger partial charge in [0.25, 0.3) is 11.8 Å². The van der Waals surface area contributed by atoms with Crippen LogP contribution < -0.4 is 21.3 Å². The first-order valence-corrected chi connectivity index (χ1v) is 12.4. The standard InChI is InChI=1S/C27H38N8O3/c1-8-21-26(34(5)6)32-25(23(31-21)24(28)37)30-20-12-9-11-19(17-20)14-15-29-27(38)18(2)35(7)22(36)13-10-16-33(3)4/h9,11-12,17-18H,8,14-16H2,1-7H3,(H2,28,37)(H,29,38)(H,30,32)/t18-/m0/s1. The Morgan fingerprint density at radius 2 is 1.82 bits per heavy atom. The SMILES string of the molecule is CCc1nc(C(N)=O)c(Nc2cccc(CCNC(=O)[C@H](C)N(C)C(=O)C#CCN(C)C)c2)nc1N(C)C. The van der Waals surface area contributed by atoms with E-state index in [0.717, 1.165) is 5.56 Å². The normalized spacial score (nSPS) is 11.3. The summed E-state index contributed by atoms with van der Waals surface area (Å²) in [5, 5.41) is 6.03. The van der Waals surface area contributed by atoms with Crippen LogP contribution in [0.4, 0.5) is 17.3 Å². The molecule has 11 nitrogen and oxygen atoms in total. The second-order valence-electron chi connectivity index (χ2n) is 9.30. The van der Waals surface area contributed by atoms with Crippen molar-refractivity contribution in [3.05, 3.63) is 41.2 Å². The lowest BCUT2D eigenvalue weighted by Crippen LogP contribution is -2.46. The number of carbonyl (C=O) groups is 3. The van der Waals surface area contributed by atoms with Gasteiger partial charge in [-0.25, -0.2) is 9.97 Å². The van der Waals surface area contributed by atoms with Crippen molar-refractivity contribution in [1.29, 1.82) is 0 Å². The number of carbonyl (C=O) groups excluding carboxylic acids is 3. The molecule has 1 aromatic heterocycles. The number of anilines is 3.